The van der Waals surface area contributed by atoms with Gasteiger partial charge in [0.2, 0.25) is 5.95 Å². The normalized spacial score (nSPS) is 15.6. The Balaban J connectivity index is 1.86. The fourth-order valence-electron chi connectivity index (χ4n) is 4.64. The lowest BCUT2D eigenvalue weighted by Crippen LogP contribution is -2.29. The molecule has 0 saturated carbocycles. The largest absolute Gasteiger partial charge is 0.494 e. The maximum atomic E-state index is 13.3. The molecule has 2 aromatic heterocycles. The number of carbonyl (C=O) groups is 1. The van der Waals surface area contributed by atoms with E-state index in [0.717, 1.165) is 0 Å². The van der Waals surface area contributed by atoms with Gasteiger partial charge in [0.15, 0.2) is 5.82 Å². The molecule has 0 bridgehead atoms. The van der Waals surface area contributed by atoms with Crippen molar-refractivity contribution in [3.63, 3.8) is 0 Å². The van der Waals surface area contributed by atoms with Crippen molar-refractivity contribution in [3.05, 3.63) is 57.5 Å². The first-order valence-electron chi connectivity index (χ1n) is 14.8. The average Bonchev–Trinajstić information content (AvgIpc) is 3.11. The quantitative estimate of drug-likeness (QED) is 0.185. The summed E-state index contributed by atoms with van der Waals surface area (Å²) in [6.07, 6.45) is 0.799. The maximum absolute atomic E-state index is 13.3. The van der Waals surface area contributed by atoms with Crippen molar-refractivity contribution >= 4 is 40.5 Å². The van der Waals surface area contributed by atoms with Crippen molar-refractivity contribution < 1.29 is 21.9 Å². The van der Waals surface area contributed by atoms with Crippen LogP contribution in [0.4, 0.5) is 34.5 Å². The maximum Gasteiger partial charge on any atom is 0.343 e. The highest BCUT2D eigenvalue weighted by atomic mass is 16.6. The lowest BCUT2D eigenvalue weighted by molar-refractivity contribution is -0.384. The summed E-state index contributed by atoms with van der Waals surface area (Å²) >= 11 is 0. The van der Waals surface area contributed by atoms with E-state index in [0.29, 0.717) is 41.6 Å². The number of carbonyl (C=O) groups excluding carboxylic acids is 1. The Morgan fingerprint density at radius 3 is 2.58 bits per heavy atom. The Hall–Kier alpha value is -4.52. The molecule has 1 aliphatic rings. The SMILES string of the molecule is [2H]C1([2H])N(c2nc(Nc3cc([N+](=O)[O-])c(N(C)CCN(C)C)cc3OC)ncc2C(=O)OC(C)C)c2ccc(C)nc2C1(C)C. The number of fused-ring (bicyclic) bond motifs is 1. The molecule has 1 aliphatic heterocycles. The molecule has 43 heavy (non-hydrogen) atoms. The van der Waals surface area contributed by atoms with E-state index in [-0.39, 0.29) is 28.7 Å². The number of likely N-dealkylation sites (N-methyl/N-ethyl adjacent to an activating group) is 2. The third-order valence-electron chi connectivity index (χ3n) is 6.81. The zero-order valence-electron chi connectivity index (χ0n) is 28.1. The van der Waals surface area contributed by atoms with Gasteiger partial charge in [-0.2, -0.15) is 4.98 Å². The third kappa shape index (κ3) is 6.77. The molecule has 0 amide bonds. The second-order valence-electron chi connectivity index (χ2n) is 11.4. The second kappa shape index (κ2) is 12.4. The molecule has 3 heterocycles. The van der Waals surface area contributed by atoms with Gasteiger partial charge in [0, 0.05) is 56.1 Å². The first-order valence-corrected chi connectivity index (χ1v) is 13.8. The first kappa shape index (κ1) is 28.6. The summed E-state index contributed by atoms with van der Waals surface area (Å²) < 4.78 is 29.4. The number of ether oxygens (including phenoxy) is 2. The molecule has 0 radical (unpaired) electrons. The van der Waals surface area contributed by atoms with Crippen LogP contribution in [-0.4, -0.2) is 84.7 Å². The Kier molecular flexibility index (Phi) is 8.23. The molecule has 0 unspecified atom stereocenters. The molecule has 3 aromatic rings. The fraction of sp³-hybridized carbons (Fsp3) is 0.467. The Labute approximate surface area is 254 Å². The van der Waals surface area contributed by atoms with Crippen LogP contribution in [0, 0.1) is 17.0 Å². The van der Waals surface area contributed by atoms with Crippen LogP contribution in [0.3, 0.4) is 0 Å². The summed E-state index contributed by atoms with van der Waals surface area (Å²) in [5.74, 6) is -0.529. The van der Waals surface area contributed by atoms with Gasteiger partial charge in [0.1, 0.15) is 17.0 Å². The predicted octanol–water partition coefficient (Wildman–Crippen LogP) is 4.83. The number of aromatic nitrogens is 3. The van der Waals surface area contributed by atoms with Crippen molar-refractivity contribution in [1.29, 1.82) is 0 Å². The number of rotatable bonds is 11. The van der Waals surface area contributed by atoms with Crippen molar-refractivity contribution in [1.82, 2.24) is 19.9 Å². The van der Waals surface area contributed by atoms with Gasteiger partial charge < -0.3 is 29.5 Å². The number of anilines is 5. The number of pyridine rings is 1. The number of hydrogen-bond donors (Lipinski definition) is 1. The van der Waals surface area contributed by atoms with Gasteiger partial charge in [-0.1, -0.05) is 13.8 Å². The number of nitrogens with zero attached hydrogens (tertiary/aromatic N) is 7. The van der Waals surface area contributed by atoms with Gasteiger partial charge in [-0.05, 0) is 47.0 Å². The van der Waals surface area contributed by atoms with Gasteiger partial charge in [0.25, 0.3) is 5.69 Å². The Bertz CT molecular complexity index is 1620. The van der Waals surface area contributed by atoms with Gasteiger partial charge in [-0.3, -0.25) is 15.1 Å². The number of nitro benzene ring substituents is 1. The number of hydrogen-bond acceptors (Lipinski definition) is 12. The number of methoxy groups -OCH3 is 1. The fourth-order valence-corrected chi connectivity index (χ4v) is 4.64. The number of nitrogens with one attached hydrogen (secondary N) is 1. The van der Waals surface area contributed by atoms with Crippen LogP contribution in [-0.2, 0) is 10.2 Å². The predicted molar refractivity (Wildman–Crippen MR) is 166 cm³/mol. The molecule has 0 atom stereocenters. The summed E-state index contributed by atoms with van der Waals surface area (Å²) in [6.45, 7) is 7.85. The molecule has 1 aromatic carbocycles. The van der Waals surface area contributed by atoms with E-state index in [1.54, 1.807) is 57.8 Å². The highest BCUT2D eigenvalue weighted by molar-refractivity contribution is 5.96. The number of aryl methyl sites for hydroxylation is 1. The van der Waals surface area contributed by atoms with Crippen LogP contribution >= 0.6 is 0 Å². The molecular formula is C30H40N8O5. The van der Waals surface area contributed by atoms with Gasteiger partial charge in [-0.25, -0.2) is 9.78 Å². The van der Waals surface area contributed by atoms with E-state index in [4.69, 9.17) is 9.47 Å². The molecule has 230 valence electrons. The molecule has 4 rings (SSSR count). The Morgan fingerprint density at radius 1 is 1.23 bits per heavy atom. The average molecular weight is 595 g/mol. The molecule has 0 fully saturated rings. The Morgan fingerprint density at radius 2 is 1.95 bits per heavy atom. The van der Waals surface area contributed by atoms with E-state index in [1.807, 2.05) is 25.9 Å². The third-order valence-corrected chi connectivity index (χ3v) is 6.81. The monoisotopic (exact) mass is 594 g/mol. The summed E-state index contributed by atoms with van der Waals surface area (Å²) in [4.78, 5) is 43.6. The molecule has 13 nitrogen and oxygen atoms in total. The van der Waals surface area contributed by atoms with Gasteiger partial charge in [0.05, 0.1) is 37.9 Å². The van der Waals surface area contributed by atoms with Crippen molar-refractivity contribution in [3.8, 4) is 5.75 Å². The lowest BCUT2D eigenvalue weighted by Gasteiger charge is -2.24. The molecule has 13 heteroatoms. The van der Waals surface area contributed by atoms with Crippen molar-refractivity contribution in [2.75, 3.05) is 63.0 Å². The van der Waals surface area contributed by atoms with E-state index < -0.39 is 28.9 Å². The van der Waals surface area contributed by atoms with Gasteiger partial charge in [-0.15, -0.1) is 0 Å². The minimum absolute atomic E-state index is 0.0467. The van der Waals surface area contributed by atoms with Crippen LogP contribution in [0.2, 0.25) is 0 Å². The summed E-state index contributed by atoms with van der Waals surface area (Å²) in [5, 5.41) is 15.1. The molecule has 0 aliphatic carbocycles. The summed E-state index contributed by atoms with van der Waals surface area (Å²) in [6, 6.07) is 6.41. The summed E-state index contributed by atoms with van der Waals surface area (Å²) in [5.41, 5.74) is 0.929. The number of benzene rings is 1. The minimum Gasteiger partial charge on any atom is -0.494 e. The van der Waals surface area contributed by atoms with Crippen LogP contribution in [0.5, 0.6) is 5.75 Å². The highest BCUT2D eigenvalue weighted by Gasteiger charge is 2.40. The van der Waals surface area contributed by atoms with Crippen LogP contribution in [0.1, 0.15) is 52.2 Å². The molecular weight excluding hydrogens is 552 g/mol. The van der Waals surface area contributed by atoms with E-state index in [9.17, 15) is 17.7 Å². The van der Waals surface area contributed by atoms with E-state index in [2.05, 4.69) is 20.3 Å². The molecule has 0 saturated heterocycles. The standard InChI is InChI=1S/C30H40N8O5/c1-18(2)43-28(39)20-16-31-29(34-27(20)37-17-30(4,5)26-22(37)11-10-19(3)32-26)33-21-14-24(38(40)41)23(15-25(21)42-9)36(8)13-12-35(6)7/h10-11,14-16,18H,12-13,17H2,1-9H3,(H,31,33,34)/i17D2. The smallest absolute Gasteiger partial charge is 0.343 e. The van der Waals surface area contributed by atoms with Crippen molar-refractivity contribution in [2.24, 2.45) is 0 Å². The molecule has 0 spiro atoms. The number of esters is 1. The van der Waals surface area contributed by atoms with Crippen molar-refractivity contribution in [2.45, 2.75) is 46.1 Å². The van der Waals surface area contributed by atoms with Crippen LogP contribution < -0.4 is 19.9 Å². The van der Waals surface area contributed by atoms with Crippen LogP contribution in [0.15, 0.2) is 30.5 Å². The zero-order valence-corrected chi connectivity index (χ0v) is 26.1. The lowest BCUT2D eigenvalue weighted by atomic mass is 9.91. The minimum atomic E-state index is -2.08. The number of nitro groups is 1. The van der Waals surface area contributed by atoms with E-state index in [1.165, 1.54) is 24.3 Å². The highest BCUT2D eigenvalue weighted by Crippen LogP contribution is 2.44. The van der Waals surface area contributed by atoms with Crippen LogP contribution in [0.25, 0.3) is 0 Å². The first-order chi connectivity index (χ1) is 21.0. The van der Waals surface area contributed by atoms with E-state index >= 15 is 0 Å². The summed E-state index contributed by atoms with van der Waals surface area (Å²) in [7, 11) is 7.05. The topological polar surface area (TPSA) is 139 Å². The molecule has 1 N–H and O–H groups in total. The second-order valence-corrected chi connectivity index (χ2v) is 11.4. The van der Waals surface area contributed by atoms with Gasteiger partial charge >= 0.3 is 5.97 Å². The zero-order chi connectivity index (χ0) is 33.4.